The van der Waals surface area contributed by atoms with Crippen LogP contribution < -0.4 is 0 Å². The summed E-state index contributed by atoms with van der Waals surface area (Å²) in [6.07, 6.45) is 1.55. The van der Waals surface area contributed by atoms with E-state index >= 15 is 0 Å². The molecule has 0 radical (unpaired) electrons. The van der Waals surface area contributed by atoms with E-state index in [4.69, 9.17) is 5.11 Å². The summed E-state index contributed by atoms with van der Waals surface area (Å²) in [5, 5.41) is 8.66. The first kappa shape index (κ1) is 13.1. The third-order valence-corrected chi connectivity index (χ3v) is 2.13. The molecule has 1 aromatic carbocycles. The van der Waals surface area contributed by atoms with Gasteiger partial charge in [0.15, 0.2) is 0 Å². The van der Waals surface area contributed by atoms with Gasteiger partial charge < -0.3 is 5.11 Å². The zero-order valence-corrected chi connectivity index (χ0v) is 9.86. The van der Waals surface area contributed by atoms with Gasteiger partial charge in [0.2, 0.25) is 0 Å². The summed E-state index contributed by atoms with van der Waals surface area (Å²) in [5.41, 5.74) is 1.20. The Labute approximate surface area is 88.0 Å². The summed E-state index contributed by atoms with van der Waals surface area (Å²) in [7, 11) is 0. The van der Waals surface area contributed by atoms with Crippen molar-refractivity contribution in [1.82, 2.24) is 0 Å². The van der Waals surface area contributed by atoms with Crippen LogP contribution >= 0.6 is 9.90 Å². The van der Waals surface area contributed by atoms with Crippen LogP contribution in [0.1, 0.15) is 18.9 Å². The second-order valence-corrected chi connectivity index (χ2v) is 3.26. The lowest BCUT2D eigenvalue weighted by Gasteiger charge is -2.05. The molecule has 1 rings (SSSR count). The quantitative estimate of drug-likeness (QED) is 0.778. The summed E-state index contributed by atoms with van der Waals surface area (Å²) >= 11 is 0. The lowest BCUT2D eigenvalue weighted by molar-refractivity contribution is -0.141. The molecule has 0 spiro atoms. The first-order valence-corrected chi connectivity index (χ1v) is 4.47. The molecule has 1 N–H and O–H groups in total. The Morgan fingerprint density at radius 2 is 1.93 bits per heavy atom. The zero-order valence-electron chi connectivity index (χ0n) is 8.44. The van der Waals surface area contributed by atoms with Crippen LogP contribution in [0.3, 0.4) is 0 Å². The van der Waals surface area contributed by atoms with E-state index in [0.29, 0.717) is 6.42 Å². The van der Waals surface area contributed by atoms with E-state index in [1.807, 2.05) is 30.3 Å². The zero-order chi connectivity index (χ0) is 9.68. The van der Waals surface area contributed by atoms with Crippen molar-refractivity contribution < 1.29 is 9.90 Å². The molecule has 0 aromatic heterocycles. The van der Waals surface area contributed by atoms with Crippen LogP contribution in [0.2, 0.25) is 0 Å². The maximum absolute atomic E-state index is 10.5. The maximum atomic E-state index is 10.5. The highest BCUT2D eigenvalue weighted by molar-refractivity contribution is 6.92. The predicted molar refractivity (Wildman–Crippen MR) is 62.7 cm³/mol. The monoisotopic (exact) mass is 212 g/mol. The minimum absolute atomic E-state index is 0. The average molecular weight is 212 g/mol. The van der Waals surface area contributed by atoms with Gasteiger partial charge in [0, 0.05) is 0 Å². The Morgan fingerprint density at radius 3 is 2.43 bits per heavy atom. The predicted octanol–water partition coefficient (Wildman–Crippen LogP) is 2.40. The third kappa shape index (κ3) is 4.38. The van der Waals surface area contributed by atoms with Gasteiger partial charge in [-0.15, -0.1) is 0 Å². The number of hydrogen-bond acceptors (Lipinski definition) is 1. The molecule has 2 atom stereocenters. The Morgan fingerprint density at radius 1 is 1.36 bits per heavy atom. The molecule has 0 fully saturated rings. The molecule has 3 heteroatoms. The largest absolute Gasteiger partial charge is 0.481 e. The molecular formula is C11H17O2P. The molecule has 14 heavy (non-hydrogen) atoms. The van der Waals surface area contributed by atoms with Gasteiger partial charge in [-0.25, -0.2) is 0 Å². The number of hydrogen-bond donors (Lipinski definition) is 1. The molecule has 0 bridgehead atoms. The maximum Gasteiger partial charge on any atom is 0.306 e. The van der Waals surface area contributed by atoms with Crippen LogP contribution in [0, 0.1) is 5.92 Å². The number of carbonyl (C=O) groups is 1. The minimum Gasteiger partial charge on any atom is -0.481 e. The first-order chi connectivity index (χ1) is 6.20. The summed E-state index contributed by atoms with van der Waals surface area (Å²) in [5.74, 6) is -0.962. The van der Waals surface area contributed by atoms with Crippen LogP contribution in [-0.4, -0.2) is 11.1 Å². The molecule has 0 saturated heterocycles. The van der Waals surface area contributed by atoms with Gasteiger partial charge in [-0.3, -0.25) is 4.79 Å². The van der Waals surface area contributed by atoms with Crippen LogP contribution in [0.4, 0.5) is 0 Å². The topological polar surface area (TPSA) is 37.3 Å². The standard InChI is InChI=1S/C11H14O2.H3P/c1-9(11(12)13)7-8-10-5-3-2-4-6-10;/h2-6,9H,7-8H2,1H3,(H,12,13);1H3. The summed E-state index contributed by atoms with van der Waals surface area (Å²) in [6.45, 7) is 1.74. The van der Waals surface area contributed by atoms with Crippen molar-refractivity contribution in [2.45, 2.75) is 19.8 Å². The fourth-order valence-electron chi connectivity index (χ4n) is 1.15. The second-order valence-electron chi connectivity index (χ2n) is 3.26. The van der Waals surface area contributed by atoms with E-state index in [1.165, 1.54) is 5.56 Å². The third-order valence-electron chi connectivity index (χ3n) is 2.13. The fourth-order valence-corrected chi connectivity index (χ4v) is 1.15. The Hall–Kier alpha value is -0.880. The molecule has 0 aliphatic heterocycles. The van der Waals surface area contributed by atoms with Crippen molar-refractivity contribution in [3.8, 4) is 0 Å². The first-order valence-electron chi connectivity index (χ1n) is 4.47. The SMILES string of the molecule is CC(CCc1ccccc1)C(=O)O.P. The van der Waals surface area contributed by atoms with E-state index in [-0.39, 0.29) is 15.8 Å². The molecule has 78 valence electrons. The highest BCUT2D eigenvalue weighted by Crippen LogP contribution is 2.09. The second kappa shape index (κ2) is 6.56. The molecule has 0 saturated carbocycles. The summed E-state index contributed by atoms with van der Waals surface area (Å²) < 4.78 is 0. The van der Waals surface area contributed by atoms with Crippen LogP contribution in [0.25, 0.3) is 0 Å². The molecule has 0 amide bonds. The number of benzene rings is 1. The van der Waals surface area contributed by atoms with Gasteiger partial charge in [-0.2, -0.15) is 9.90 Å². The van der Waals surface area contributed by atoms with Crippen LogP contribution in [0.15, 0.2) is 30.3 Å². The van der Waals surface area contributed by atoms with Crippen molar-refractivity contribution in [3.63, 3.8) is 0 Å². The lowest BCUT2D eigenvalue weighted by Crippen LogP contribution is -2.10. The van der Waals surface area contributed by atoms with E-state index in [2.05, 4.69) is 0 Å². The number of aliphatic carboxylic acids is 1. The lowest BCUT2D eigenvalue weighted by atomic mass is 10.0. The Bertz CT molecular complexity index is 272. The number of carboxylic acids is 1. The number of aryl methyl sites for hydroxylation is 1. The van der Waals surface area contributed by atoms with E-state index < -0.39 is 5.97 Å². The fraction of sp³-hybridized carbons (Fsp3) is 0.364. The highest BCUT2D eigenvalue weighted by Gasteiger charge is 2.09. The van der Waals surface area contributed by atoms with Crippen LogP contribution in [0.5, 0.6) is 0 Å². The van der Waals surface area contributed by atoms with Gasteiger partial charge in [-0.1, -0.05) is 37.3 Å². The molecule has 0 aliphatic rings. The van der Waals surface area contributed by atoms with Crippen molar-refractivity contribution in [1.29, 1.82) is 0 Å². The van der Waals surface area contributed by atoms with Crippen molar-refractivity contribution in [3.05, 3.63) is 35.9 Å². The molecule has 2 unspecified atom stereocenters. The normalized spacial score (nSPS) is 11.5. The molecular weight excluding hydrogens is 195 g/mol. The van der Waals surface area contributed by atoms with E-state index in [9.17, 15) is 4.79 Å². The van der Waals surface area contributed by atoms with Gasteiger partial charge in [0.1, 0.15) is 0 Å². The van der Waals surface area contributed by atoms with Gasteiger partial charge in [0.25, 0.3) is 0 Å². The van der Waals surface area contributed by atoms with Crippen molar-refractivity contribution in [2.24, 2.45) is 5.92 Å². The van der Waals surface area contributed by atoms with Gasteiger partial charge in [-0.05, 0) is 18.4 Å². The van der Waals surface area contributed by atoms with E-state index in [0.717, 1.165) is 6.42 Å². The van der Waals surface area contributed by atoms with Gasteiger partial charge >= 0.3 is 5.97 Å². The molecule has 2 nitrogen and oxygen atoms in total. The minimum atomic E-state index is -0.712. The number of rotatable bonds is 4. The Balaban J connectivity index is 0.00000169. The molecule has 0 heterocycles. The highest BCUT2D eigenvalue weighted by atomic mass is 31.0. The van der Waals surface area contributed by atoms with E-state index in [1.54, 1.807) is 6.92 Å². The average Bonchev–Trinajstić information content (AvgIpc) is 2.15. The molecule has 0 aliphatic carbocycles. The smallest absolute Gasteiger partial charge is 0.306 e. The van der Waals surface area contributed by atoms with Crippen LogP contribution in [-0.2, 0) is 11.2 Å². The summed E-state index contributed by atoms with van der Waals surface area (Å²) in [6, 6.07) is 9.95. The molecule has 1 aromatic rings. The van der Waals surface area contributed by atoms with Crippen molar-refractivity contribution >= 4 is 15.9 Å². The Kier molecular flexibility index (Phi) is 6.14. The van der Waals surface area contributed by atoms with Crippen molar-refractivity contribution in [2.75, 3.05) is 0 Å². The summed E-state index contributed by atoms with van der Waals surface area (Å²) in [4.78, 5) is 10.5. The van der Waals surface area contributed by atoms with Gasteiger partial charge in [0.05, 0.1) is 5.92 Å². The number of carboxylic acid groups (broad SMARTS) is 1.